The Morgan fingerprint density at radius 3 is 2.19 bits per heavy atom. The fourth-order valence-corrected chi connectivity index (χ4v) is 1.32. The van der Waals surface area contributed by atoms with E-state index in [4.69, 9.17) is 4.74 Å². The van der Waals surface area contributed by atoms with E-state index in [9.17, 15) is 4.79 Å². The number of nitrogens with one attached hydrogen (secondary N) is 1. The molecule has 0 aliphatic heterocycles. The molecular weight excluding hydrogens is 202 g/mol. The zero-order valence-electron chi connectivity index (χ0n) is 11.2. The van der Waals surface area contributed by atoms with Crippen molar-refractivity contribution < 1.29 is 9.53 Å². The fraction of sp³-hybridized carbons (Fsp3) is 0.692. The van der Waals surface area contributed by atoms with E-state index in [1.165, 1.54) is 0 Å². The van der Waals surface area contributed by atoms with Gasteiger partial charge in [0.2, 0.25) is 0 Å². The Kier molecular flexibility index (Phi) is 5.32. The first-order valence-electron chi connectivity index (χ1n) is 5.53. The maximum absolute atomic E-state index is 11.6. The Balaban J connectivity index is 4.55. The van der Waals surface area contributed by atoms with Gasteiger partial charge in [0.15, 0.2) is 0 Å². The molecule has 16 heavy (non-hydrogen) atoms. The molecule has 0 radical (unpaired) electrons. The highest BCUT2D eigenvalue weighted by molar-refractivity contribution is 5.68. The van der Waals surface area contributed by atoms with Crippen molar-refractivity contribution >= 4 is 6.09 Å². The predicted octanol–water partition coefficient (Wildman–Crippen LogP) is 3.27. The Hall–Kier alpha value is -1.21. The minimum Gasteiger partial charge on any atom is -0.444 e. The minimum absolute atomic E-state index is 0.0765. The molecule has 0 rings (SSSR count). The molecule has 3 heteroatoms. The van der Waals surface area contributed by atoms with Gasteiger partial charge in [-0.1, -0.05) is 20.4 Å². The molecule has 0 aromatic heterocycles. The van der Waals surface area contributed by atoms with Crippen LogP contribution in [-0.4, -0.2) is 17.7 Å². The summed E-state index contributed by atoms with van der Waals surface area (Å²) in [4.78, 5) is 11.6. The molecule has 0 aromatic carbocycles. The predicted molar refractivity (Wildman–Crippen MR) is 66.3 cm³/mol. The van der Waals surface area contributed by atoms with Gasteiger partial charge in [-0.25, -0.2) is 4.79 Å². The minimum atomic E-state index is -0.475. The summed E-state index contributed by atoms with van der Waals surface area (Å²) in [6.07, 6.45) is -0.402. The summed E-state index contributed by atoms with van der Waals surface area (Å²) >= 11 is 0. The van der Waals surface area contributed by atoms with Crippen molar-refractivity contribution in [1.82, 2.24) is 5.32 Å². The highest BCUT2D eigenvalue weighted by Crippen LogP contribution is 2.12. The number of amides is 1. The van der Waals surface area contributed by atoms with E-state index in [0.717, 1.165) is 5.57 Å². The number of ether oxygens (including phenoxy) is 1. The van der Waals surface area contributed by atoms with Gasteiger partial charge in [-0.05, 0) is 39.2 Å². The summed E-state index contributed by atoms with van der Waals surface area (Å²) in [5.74, 6) is 0.279. The molecule has 3 nitrogen and oxygen atoms in total. The lowest BCUT2D eigenvalue weighted by Crippen LogP contribution is -2.42. The number of hydrogen-bond acceptors (Lipinski definition) is 2. The maximum Gasteiger partial charge on any atom is 0.408 e. The van der Waals surface area contributed by atoms with E-state index < -0.39 is 11.7 Å². The van der Waals surface area contributed by atoms with E-state index >= 15 is 0 Å². The van der Waals surface area contributed by atoms with Gasteiger partial charge in [-0.3, -0.25) is 0 Å². The molecule has 1 amide bonds. The van der Waals surface area contributed by atoms with Gasteiger partial charge in [0.25, 0.3) is 0 Å². The first-order chi connectivity index (χ1) is 7.17. The van der Waals surface area contributed by atoms with Crippen molar-refractivity contribution in [3.63, 3.8) is 0 Å². The second-order valence-electron chi connectivity index (χ2n) is 5.23. The average molecular weight is 225 g/mol. The number of carbonyl (C=O) groups excluding carboxylic acids is 1. The van der Waals surface area contributed by atoms with Gasteiger partial charge in [0, 0.05) is 0 Å². The lowest BCUT2D eigenvalue weighted by molar-refractivity contribution is 0.0501. The van der Waals surface area contributed by atoms with Gasteiger partial charge in [-0.2, -0.15) is 0 Å². The fourth-order valence-electron chi connectivity index (χ4n) is 1.32. The summed E-state index contributed by atoms with van der Waals surface area (Å²) < 4.78 is 5.20. The zero-order chi connectivity index (χ0) is 12.9. The van der Waals surface area contributed by atoms with Gasteiger partial charge < -0.3 is 10.1 Å². The topological polar surface area (TPSA) is 38.3 Å². The third-order valence-electron chi connectivity index (χ3n) is 2.08. The van der Waals surface area contributed by atoms with Crippen LogP contribution in [-0.2, 0) is 4.74 Å². The average Bonchev–Trinajstić information content (AvgIpc) is 2.09. The lowest BCUT2D eigenvalue weighted by atomic mass is 9.98. The third kappa shape index (κ3) is 5.62. The number of hydrogen-bond donors (Lipinski definition) is 1. The Labute approximate surface area is 98.6 Å². The molecular formula is C13H23NO2. The summed E-state index contributed by atoms with van der Waals surface area (Å²) in [5.41, 5.74) is 3.25. The van der Waals surface area contributed by atoms with Crippen molar-refractivity contribution in [2.75, 3.05) is 0 Å². The number of alkyl carbamates (subject to hydrolysis) is 1. The normalized spacial score (nSPS) is 12.9. The van der Waals surface area contributed by atoms with Crippen LogP contribution in [0.15, 0.2) is 17.9 Å². The van der Waals surface area contributed by atoms with Crippen LogP contribution in [0, 0.1) is 5.92 Å². The van der Waals surface area contributed by atoms with Gasteiger partial charge in [0.05, 0.1) is 6.04 Å². The van der Waals surface area contributed by atoms with Crippen molar-refractivity contribution in [1.29, 1.82) is 0 Å². The van der Waals surface area contributed by atoms with E-state index in [1.54, 1.807) is 0 Å². The van der Waals surface area contributed by atoms with Crippen LogP contribution in [0.1, 0.15) is 41.5 Å². The van der Waals surface area contributed by atoms with Gasteiger partial charge >= 0.3 is 6.09 Å². The summed E-state index contributed by atoms with van der Waals surface area (Å²) in [5, 5.41) is 2.82. The lowest BCUT2D eigenvalue weighted by Gasteiger charge is -2.25. The SMILES string of the molecule is C=C=C(C)[C@@H](NC(=O)OC(C)(C)C)C(C)C. The second-order valence-corrected chi connectivity index (χ2v) is 5.23. The first kappa shape index (κ1) is 14.8. The molecule has 0 aromatic rings. The number of rotatable bonds is 3. The molecule has 0 aliphatic carbocycles. The van der Waals surface area contributed by atoms with Crippen LogP contribution >= 0.6 is 0 Å². The second kappa shape index (κ2) is 5.76. The van der Waals surface area contributed by atoms with Crippen molar-refractivity contribution in [2.45, 2.75) is 53.2 Å². The quantitative estimate of drug-likeness (QED) is 0.749. The highest BCUT2D eigenvalue weighted by Gasteiger charge is 2.22. The molecule has 0 bridgehead atoms. The smallest absolute Gasteiger partial charge is 0.408 e. The van der Waals surface area contributed by atoms with Gasteiger partial charge in [-0.15, -0.1) is 5.73 Å². The molecule has 92 valence electrons. The summed E-state index contributed by atoms with van der Waals surface area (Å²) in [6.45, 7) is 15.1. The van der Waals surface area contributed by atoms with Crippen LogP contribution in [0.4, 0.5) is 4.79 Å². The zero-order valence-corrected chi connectivity index (χ0v) is 11.2. The van der Waals surface area contributed by atoms with E-state index in [-0.39, 0.29) is 12.0 Å². The highest BCUT2D eigenvalue weighted by atomic mass is 16.6. The maximum atomic E-state index is 11.6. The Morgan fingerprint density at radius 2 is 1.88 bits per heavy atom. The summed E-state index contributed by atoms with van der Waals surface area (Å²) in [6, 6.07) is -0.0765. The number of carbonyl (C=O) groups is 1. The molecule has 1 N–H and O–H groups in total. The molecule has 0 fully saturated rings. The molecule has 0 saturated heterocycles. The third-order valence-corrected chi connectivity index (χ3v) is 2.08. The van der Waals surface area contributed by atoms with Crippen molar-refractivity contribution in [3.8, 4) is 0 Å². The van der Waals surface area contributed by atoms with Crippen LogP contribution in [0.2, 0.25) is 0 Å². The molecule has 0 aliphatic rings. The molecule has 0 heterocycles. The standard InChI is InChI=1S/C13H23NO2/c1-8-10(4)11(9(2)3)14-12(15)16-13(5,6)7/h9,11H,1H2,2-7H3,(H,14,15)/t11-/m0/s1. The Bertz CT molecular complexity index is 294. The molecule has 0 unspecified atom stereocenters. The molecule has 0 spiro atoms. The van der Waals surface area contributed by atoms with E-state index in [2.05, 4.69) is 17.6 Å². The monoisotopic (exact) mass is 225 g/mol. The van der Waals surface area contributed by atoms with Gasteiger partial charge in [0.1, 0.15) is 5.60 Å². The molecule has 1 atom stereocenters. The Morgan fingerprint density at radius 1 is 1.38 bits per heavy atom. The van der Waals surface area contributed by atoms with Crippen LogP contribution in [0.3, 0.4) is 0 Å². The van der Waals surface area contributed by atoms with E-state index in [0.29, 0.717) is 0 Å². The molecule has 0 saturated carbocycles. The van der Waals surface area contributed by atoms with Crippen molar-refractivity contribution in [3.05, 3.63) is 17.9 Å². The van der Waals surface area contributed by atoms with E-state index in [1.807, 2.05) is 41.5 Å². The first-order valence-corrected chi connectivity index (χ1v) is 5.53. The van der Waals surface area contributed by atoms with Crippen LogP contribution in [0.25, 0.3) is 0 Å². The van der Waals surface area contributed by atoms with Crippen molar-refractivity contribution in [2.24, 2.45) is 5.92 Å². The summed E-state index contributed by atoms with van der Waals surface area (Å²) in [7, 11) is 0. The largest absolute Gasteiger partial charge is 0.444 e. The van der Waals surface area contributed by atoms with Crippen LogP contribution in [0.5, 0.6) is 0 Å². The van der Waals surface area contributed by atoms with Crippen LogP contribution < -0.4 is 5.32 Å².